The van der Waals surface area contributed by atoms with Gasteiger partial charge in [-0.1, -0.05) is 11.6 Å². The van der Waals surface area contributed by atoms with Crippen LogP contribution in [0.3, 0.4) is 0 Å². The summed E-state index contributed by atoms with van der Waals surface area (Å²) in [7, 11) is 0. The SMILES string of the molecule is Cc1oc2ccc(Cl)cc2c1CN. The van der Waals surface area contributed by atoms with Crippen LogP contribution in [-0.4, -0.2) is 0 Å². The van der Waals surface area contributed by atoms with Crippen molar-refractivity contribution in [2.24, 2.45) is 5.73 Å². The smallest absolute Gasteiger partial charge is 0.134 e. The highest BCUT2D eigenvalue weighted by Gasteiger charge is 2.08. The summed E-state index contributed by atoms with van der Waals surface area (Å²) in [5.74, 6) is 0.875. The van der Waals surface area contributed by atoms with Crippen molar-refractivity contribution in [1.82, 2.24) is 0 Å². The first-order chi connectivity index (χ1) is 6.22. The van der Waals surface area contributed by atoms with Gasteiger partial charge in [-0.2, -0.15) is 0 Å². The summed E-state index contributed by atoms with van der Waals surface area (Å²) >= 11 is 5.87. The maximum absolute atomic E-state index is 5.87. The molecule has 0 radical (unpaired) electrons. The van der Waals surface area contributed by atoms with Gasteiger partial charge < -0.3 is 10.2 Å². The molecule has 0 saturated heterocycles. The minimum Gasteiger partial charge on any atom is -0.461 e. The van der Waals surface area contributed by atoms with Crippen LogP contribution in [0, 0.1) is 6.92 Å². The van der Waals surface area contributed by atoms with Gasteiger partial charge in [0.05, 0.1) is 0 Å². The normalized spacial score (nSPS) is 11.0. The Labute approximate surface area is 81.3 Å². The highest BCUT2D eigenvalue weighted by molar-refractivity contribution is 6.31. The van der Waals surface area contributed by atoms with E-state index in [1.54, 1.807) is 0 Å². The van der Waals surface area contributed by atoms with Crippen molar-refractivity contribution >= 4 is 22.6 Å². The Balaban J connectivity index is 2.80. The van der Waals surface area contributed by atoms with Gasteiger partial charge in [0, 0.05) is 22.5 Å². The standard InChI is InChI=1S/C10H10ClNO/c1-6-9(5-12)8-4-7(11)2-3-10(8)13-6/h2-4H,5,12H2,1H3. The van der Waals surface area contributed by atoms with E-state index in [1.165, 1.54) is 0 Å². The summed E-state index contributed by atoms with van der Waals surface area (Å²) in [6.07, 6.45) is 0. The fourth-order valence-corrected chi connectivity index (χ4v) is 1.67. The molecule has 0 aliphatic rings. The van der Waals surface area contributed by atoms with Crippen molar-refractivity contribution in [2.45, 2.75) is 13.5 Å². The zero-order chi connectivity index (χ0) is 9.42. The van der Waals surface area contributed by atoms with Crippen LogP contribution in [0.1, 0.15) is 11.3 Å². The molecule has 1 aromatic carbocycles. The van der Waals surface area contributed by atoms with Crippen LogP contribution >= 0.6 is 11.6 Å². The predicted octanol–water partition coefficient (Wildman–Crippen LogP) is 2.85. The van der Waals surface area contributed by atoms with Gasteiger partial charge in [0.1, 0.15) is 11.3 Å². The maximum atomic E-state index is 5.87. The maximum Gasteiger partial charge on any atom is 0.134 e. The Bertz CT molecular complexity index is 447. The van der Waals surface area contributed by atoms with E-state index >= 15 is 0 Å². The molecule has 0 fully saturated rings. The number of fused-ring (bicyclic) bond motifs is 1. The highest BCUT2D eigenvalue weighted by Crippen LogP contribution is 2.27. The Morgan fingerprint density at radius 3 is 2.92 bits per heavy atom. The minimum absolute atomic E-state index is 0.485. The van der Waals surface area contributed by atoms with Crippen LogP contribution in [-0.2, 0) is 6.54 Å². The molecule has 1 heterocycles. The van der Waals surface area contributed by atoms with Crippen LogP contribution in [0.25, 0.3) is 11.0 Å². The molecule has 0 atom stereocenters. The lowest BCUT2D eigenvalue weighted by molar-refractivity contribution is 0.572. The Morgan fingerprint density at radius 1 is 1.46 bits per heavy atom. The Morgan fingerprint density at radius 2 is 2.23 bits per heavy atom. The lowest BCUT2D eigenvalue weighted by atomic mass is 10.1. The van der Waals surface area contributed by atoms with E-state index in [0.717, 1.165) is 22.3 Å². The second kappa shape index (κ2) is 3.05. The van der Waals surface area contributed by atoms with E-state index in [9.17, 15) is 0 Å². The average Bonchev–Trinajstić information content (AvgIpc) is 2.40. The van der Waals surface area contributed by atoms with Crippen molar-refractivity contribution in [3.05, 3.63) is 34.5 Å². The zero-order valence-corrected chi connectivity index (χ0v) is 8.06. The van der Waals surface area contributed by atoms with Crippen molar-refractivity contribution in [3.63, 3.8) is 0 Å². The number of halogens is 1. The summed E-state index contributed by atoms with van der Waals surface area (Å²) in [5.41, 5.74) is 7.50. The van der Waals surface area contributed by atoms with Gasteiger partial charge in [0.15, 0.2) is 0 Å². The molecular weight excluding hydrogens is 186 g/mol. The van der Waals surface area contributed by atoms with Crippen LogP contribution in [0.15, 0.2) is 22.6 Å². The molecular formula is C10H10ClNO. The van der Waals surface area contributed by atoms with Gasteiger partial charge in [-0.25, -0.2) is 0 Å². The summed E-state index contributed by atoms with van der Waals surface area (Å²) in [6, 6.07) is 5.56. The topological polar surface area (TPSA) is 39.2 Å². The fraction of sp³-hybridized carbons (Fsp3) is 0.200. The predicted molar refractivity (Wildman–Crippen MR) is 53.9 cm³/mol. The quantitative estimate of drug-likeness (QED) is 0.760. The number of rotatable bonds is 1. The van der Waals surface area contributed by atoms with E-state index < -0.39 is 0 Å². The summed E-state index contributed by atoms with van der Waals surface area (Å²) in [4.78, 5) is 0. The van der Waals surface area contributed by atoms with Gasteiger partial charge in [0.25, 0.3) is 0 Å². The molecule has 2 N–H and O–H groups in total. The molecule has 0 aliphatic heterocycles. The van der Waals surface area contributed by atoms with Gasteiger partial charge in [-0.05, 0) is 25.1 Å². The summed E-state index contributed by atoms with van der Waals surface area (Å²) in [6.45, 7) is 2.40. The number of furan rings is 1. The lowest BCUT2D eigenvalue weighted by Gasteiger charge is -1.93. The molecule has 3 heteroatoms. The number of nitrogens with two attached hydrogens (primary N) is 1. The van der Waals surface area contributed by atoms with Crippen molar-refractivity contribution < 1.29 is 4.42 Å². The first-order valence-corrected chi connectivity index (χ1v) is 4.48. The largest absolute Gasteiger partial charge is 0.461 e. The van der Waals surface area contributed by atoms with Crippen LogP contribution in [0.5, 0.6) is 0 Å². The van der Waals surface area contributed by atoms with Crippen molar-refractivity contribution in [2.75, 3.05) is 0 Å². The monoisotopic (exact) mass is 195 g/mol. The molecule has 1 aromatic heterocycles. The molecule has 0 amide bonds. The number of hydrogen-bond donors (Lipinski definition) is 1. The third kappa shape index (κ3) is 1.32. The molecule has 2 aromatic rings. The average molecular weight is 196 g/mol. The molecule has 2 nitrogen and oxygen atoms in total. The number of hydrogen-bond acceptors (Lipinski definition) is 2. The van der Waals surface area contributed by atoms with Crippen molar-refractivity contribution in [1.29, 1.82) is 0 Å². The molecule has 13 heavy (non-hydrogen) atoms. The van der Waals surface area contributed by atoms with E-state index in [0.29, 0.717) is 11.6 Å². The van der Waals surface area contributed by atoms with Crippen molar-refractivity contribution in [3.8, 4) is 0 Å². The highest BCUT2D eigenvalue weighted by atomic mass is 35.5. The first kappa shape index (κ1) is 8.60. The number of benzene rings is 1. The molecule has 0 bridgehead atoms. The fourth-order valence-electron chi connectivity index (χ4n) is 1.50. The van der Waals surface area contributed by atoms with E-state index in [1.807, 2.05) is 25.1 Å². The third-order valence-corrected chi connectivity index (χ3v) is 2.39. The second-order valence-corrected chi connectivity index (χ2v) is 3.42. The van der Waals surface area contributed by atoms with E-state index in [2.05, 4.69) is 0 Å². The van der Waals surface area contributed by atoms with Gasteiger partial charge in [-0.15, -0.1) is 0 Å². The molecule has 0 spiro atoms. The van der Waals surface area contributed by atoms with Crippen LogP contribution in [0.4, 0.5) is 0 Å². The molecule has 2 rings (SSSR count). The molecule has 68 valence electrons. The second-order valence-electron chi connectivity index (χ2n) is 2.98. The summed E-state index contributed by atoms with van der Waals surface area (Å²) in [5, 5.41) is 1.73. The number of aryl methyl sites for hydroxylation is 1. The molecule has 0 saturated carbocycles. The Hall–Kier alpha value is -0.990. The van der Waals surface area contributed by atoms with E-state index in [-0.39, 0.29) is 0 Å². The summed E-state index contributed by atoms with van der Waals surface area (Å²) < 4.78 is 5.51. The molecule has 0 aliphatic carbocycles. The van der Waals surface area contributed by atoms with Gasteiger partial charge >= 0.3 is 0 Å². The van der Waals surface area contributed by atoms with Gasteiger partial charge in [-0.3, -0.25) is 0 Å². The molecule has 0 unspecified atom stereocenters. The Kier molecular flexibility index (Phi) is 2.02. The minimum atomic E-state index is 0.485. The van der Waals surface area contributed by atoms with Crippen LogP contribution < -0.4 is 5.73 Å². The zero-order valence-electron chi connectivity index (χ0n) is 7.30. The lowest BCUT2D eigenvalue weighted by Crippen LogP contribution is -1.96. The first-order valence-electron chi connectivity index (χ1n) is 4.10. The van der Waals surface area contributed by atoms with E-state index in [4.69, 9.17) is 21.8 Å². The third-order valence-electron chi connectivity index (χ3n) is 2.16. The van der Waals surface area contributed by atoms with Crippen LogP contribution in [0.2, 0.25) is 5.02 Å². The van der Waals surface area contributed by atoms with Gasteiger partial charge in [0.2, 0.25) is 0 Å².